The monoisotopic (exact) mass is 371 g/mol. The number of carbonyl (C=O) groups is 3. The average molecular weight is 371 g/mol. The summed E-state index contributed by atoms with van der Waals surface area (Å²) >= 11 is 0. The lowest BCUT2D eigenvalue weighted by molar-refractivity contribution is -0.131. The Morgan fingerprint density at radius 2 is 1.81 bits per heavy atom. The molecule has 1 heterocycles. The molecule has 2 aromatic rings. The molecule has 0 aliphatic heterocycles. The van der Waals surface area contributed by atoms with Gasteiger partial charge in [0.05, 0.1) is 12.8 Å². The smallest absolute Gasteiger partial charge is 0.291 e. The maximum Gasteiger partial charge on any atom is 0.291 e. The highest BCUT2D eigenvalue weighted by Crippen LogP contribution is 2.19. The SMILES string of the molecule is CCN(CC)C(=O)CN(C)C(=O)c1ccc(C)c(NC(=O)c2ccco2)c1. The maximum absolute atomic E-state index is 12.7. The van der Waals surface area contributed by atoms with Crippen molar-refractivity contribution in [1.82, 2.24) is 9.80 Å². The minimum absolute atomic E-state index is 0.00246. The van der Waals surface area contributed by atoms with E-state index in [1.807, 2.05) is 20.8 Å². The van der Waals surface area contributed by atoms with Crippen molar-refractivity contribution in [3.8, 4) is 0 Å². The van der Waals surface area contributed by atoms with E-state index in [2.05, 4.69) is 5.32 Å². The second-order valence-electron chi connectivity index (χ2n) is 6.19. The predicted octanol–water partition coefficient (Wildman–Crippen LogP) is 2.78. The summed E-state index contributed by atoms with van der Waals surface area (Å²) in [7, 11) is 1.59. The number of nitrogens with one attached hydrogen (secondary N) is 1. The molecular formula is C20H25N3O4. The number of hydrogen-bond acceptors (Lipinski definition) is 4. The molecule has 1 N–H and O–H groups in total. The van der Waals surface area contributed by atoms with Crippen LogP contribution in [0.15, 0.2) is 41.0 Å². The van der Waals surface area contributed by atoms with Gasteiger partial charge in [-0.3, -0.25) is 14.4 Å². The quantitative estimate of drug-likeness (QED) is 0.811. The van der Waals surface area contributed by atoms with Gasteiger partial charge in [-0.2, -0.15) is 0 Å². The summed E-state index contributed by atoms with van der Waals surface area (Å²) in [6.07, 6.45) is 1.42. The first-order valence-corrected chi connectivity index (χ1v) is 8.86. The molecule has 1 aromatic carbocycles. The van der Waals surface area contributed by atoms with Crippen molar-refractivity contribution in [2.45, 2.75) is 20.8 Å². The van der Waals surface area contributed by atoms with E-state index in [1.165, 1.54) is 11.2 Å². The highest BCUT2D eigenvalue weighted by atomic mass is 16.3. The number of benzene rings is 1. The predicted molar refractivity (Wildman–Crippen MR) is 103 cm³/mol. The highest BCUT2D eigenvalue weighted by molar-refractivity contribution is 6.04. The molecular weight excluding hydrogens is 346 g/mol. The molecule has 3 amide bonds. The number of hydrogen-bond donors (Lipinski definition) is 1. The van der Waals surface area contributed by atoms with E-state index in [0.717, 1.165) is 5.56 Å². The Labute approximate surface area is 158 Å². The van der Waals surface area contributed by atoms with Crippen molar-refractivity contribution in [3.05, 3.63) is 53.5 Å². The van der Waals surface area contributed by atoms with Gasteiger partial charge in [-0.1, -0.05) is 6.07 Å². The third kappa shape index (κ3) is 4.97. The molecule has 27 heavy (non-hydrogen) atoms. The van der Waals surface area contributed by atoms with Gasteiger partial charge in [0.1, 0.15) is 0 Å². The van der Waals surface area contributed by atoms with Crippen LogP contribution in [-0.4, -0.2) is 54.2 Å². The molecule has 0 bridgehead atoms. The van der Waals surface area contributed by atoms with E-state index < -0.39 is 5.91 Å². The molecule has 7 heteroatoms. The fourth-order valence-corrected chi connectivity index (χ4v) is 2.65. The Kier molecular flexibility index (Phi) is 6.76. The van der Waals surface area contributed by atoms with Gasteiger partial charge in [-0.15, -0.1) is 0 Å². The summed E-state index contributed by atoms with van der Waals surface area (Å²) in [4.78, 5) is 40.1. The van der Waals surface area contributed by atoms with Crippen LogP contribution in [0, 0.1) is 6.92 Å². The minimum Gasteiger partial charge on any atom is -0.459 e. The molecule has 0 aliphatic carbocycles. The van der Waals surface area contributed by atoms with Crippen LogP contribution in [0.4, 0.5) is 5.69 Å². The lowest BCUT2D eigenvalue weighted by atomic mass is 10.1. The summed E-state index contributed by atoms with van der Waals surface area (Å²) in [6.45, 7) is 6.84. The molecule has 0 fully saturated rings. The van der Waals surface area contributed by atoms with E-state index in [9.17, 15) is 14.4 Å². The van der Waals surface area contributed by atoms with Crippen molar-refractivity contribution < 1.29 is 18.8 Å². The molecule has 0 spiro atoms. The zero-order valence-corrected chi connectivity index (χ0v) is 16.1. The van der Waals surface area contributed by atoms with Gasteiger partial charge in [-0.25, -0.2) is 0 Å². The van der Waals surface area contributed by atoms with Crippen LogP contribution >= 0.6 is 0 Å². The van der Waals surface area contributed by atoms with Gasteiger partial charge in [0, 0.05) is 31.4 Å². The lowest BCUT2D eigenvalue weighted by Gasteiger charge is -2.23. The number of likely N-dealkylation sites (N-methyl/N-ethyl adjacent to an activating group) is 2. The molecule has 0 aliphatic rings. The molecule has 0 saturated heterocycles. The number of anilines is 1. The van der Waals surface area contributed by atoms with Crippen molar-refractivity contribution in [3.63, 3.8) is 0 Å². The highest BCUT2D eigenvalue weighted by Gasteiger charge is 2.19. The topological polar surface area (TPSA) is 82.9 Å². The zero-order chi connectivity index (χ0) is 20.0. The number of carbonyl (C=O) groups excluding carboxylic acids is 3. The first kappa shape index (κ1) is 20.2. The largest absolute Gasteiger partial charge is 0.459 e. The van der Waals surface area contributed by atoms with Crippen LogP contribution in [0.3, 0.4) is 0 Å². The van der Waals surface area contributed by atoms with E-state index in [4.69, 9.17) is 4.42 Å². The van der Waals surface area contributed by atoms with Gasteiger partial charge >= 0.3 is 0 Å². The summed E-state index contributed by atoms with van der Waals surface area (Å²) in [5.74, 6) is -0.593. The number of amides is 3. The van der Waals surface area contributed by atoms with Gasteiger partial charge in [-0.05, 0) is 50.6 Å². The van der Waals surface area contributed by atoms with Crippen molar-refractivity contribution in [2.75, 3.05) is 32.0 Å². The van der Waals surface area contributed by atoms with Crippen LogP contribution in [0.2, 0.25) is 0 Å². The van der Waals surface area contributed by atoms with Crippen molar-refractivity contribution >= 4 is 23.4 Å². The first-order valence-electron chi connectivity index (χ1n) is 8.86. The number of furan rings is 1. The normalized spacial score (nSPS) is 10.4. The van der Waals surface area contributed by atoms with Crippen molar-refractivity contribution in [1.29, 1.82) is 0 Å². The standard InChI is InChI=1S/C20H25N3O4/c1-5-23(6-2)18(24)13-22(4)20(26)15-10-9-14(3)16(12-15)21-19(25)17-8-7-11-27-17/h7-12H,5-6,13H2,1-4H3,(H,21,25). The lowest BCUT2D eigenvalue weighted by Crippen LogP contribution is -2.41. The van der Waals surface area contributed by atoms with E-state index in [0.29, 0.717) is 24.3 Å². The van der Waals surface area contributed by atoms with Crippen LogP contribution in [-0.2, 0) is 4.79 Å². The van der Waals surface area contributed by atoms with Crippen molar-refractivity contribution in [2.24, 2.45) is 0 Å². The van der Waals surface area contributed by atoms with Crippen LogP contribution in [0.1, 0.15) is 40.3 Å². The van der Waals surface area contributed by atoms with Gasteiger partial charge < -0.3 is 19.5 Å². The second kappa shape index (κ2) is 9.02. The van der Waals surface area contributed by atoms with Crippen LogP contribution < -0.4 is 5.32 Å². The molecule has 2 rings (SSSR count). The molecule has 144 valence electrons. The van der Waals surface area contributed by atoms with Crippen LogP contribution in [0.25, 0.3) is 0 Å². The second-order valence-corrected chi connectivity index (χ2v) is 6.19. The minimum atomic E-state index is -0.391. The molecule has 1 aromatic heterocycles. The first-order chi connectivity index (χ1) is 12.9. The number of aryl methyl sites for hydroxylation is 1. The van der Waals surface area contributed by atoms with E-state index >= 15 is 0 Å². The Balaban J connectivity index is 2.12. The third-order valence-corrected chi connectivity index (χ3v) is 4.31. The molecule has 0 saturated carbocycles. The van der Waals surface area contributed by atoms with Crippen LogP contribution in [0.5, 0.6) is 0 Å². The third-order valence-electron chi connectivity index (χ3n) is 4.31. The Morgan fingerprint density at radius 3 is 2.41 bits per heavy atom. The van der Waals surface area contributed by atoms with E-state index in [1.54, 1.807) is 42.3 Å². The molecule has 0 atom stereocenters. The average Bonchev–Trinajstić information content (AvgIpc) is 3.18. The fraction of sp³-hybridized carbons (Fsp3) is 0.350. The zero-order valence-electron chi connectivity index (χ0n) is 16.1. The Morgan fingerprint density at radius 1 is 1.11 bits per heavy atom. The number of rotatable bonds is 7. The van der Waals surface area contributed by atoms with Gasteiger partial charge in [0.25, 0.3) is 11.8 Å². The number of nitrogens with zero attached hydrogens (tertiary/aromatic N) is 2. The van der Waals surface area contributed by atoms with Gasteiger partial charge in [0.2, 0.25) is 5.91 Å². The Hall–Kier alpha value is -3.09. The maximum atomic E-state index is 12.7. The van der Waals surface area contributed by atoms with E-state index in [-0.39, 0.29) is 24.1 Å². The summed E-state index contributed by atoms with van der Waals surface area (Å²) in [5, 5.41) is 2.75. The summed E-state index contributed by atoms with van der Waals surface area (Å²) in [6, 6.07) is 8.23. The molecule has 0 unspecified atom stereocenters. The summed E-state index contributed by atoms with van der Waals surface area (Å²) in [5.41, 5.74) is 1.73. The molecule has 0 radical (unpaired) electrons. The summed E-state index contributed by atoms with van der Waals surface area (Å²) < 4.78 is 5.08. The molecule has 7 nitrogen and oxygen atoms in total. The fourth-order valence-electron chi connectivity index (χ4n) is 2.65. The Bertz CT molecular complexity index is 811. The van der Waals surface area contributed by atoms with Gasteiger partial charge in [0.15, 0.2) is 5.76 Å².